The number of aromatic carboxylic acids is 1. The molecule has 0 saturated carbocycles. The quantitative estimate of drug-likeness (QED) is 0.843. The third-order valence-electron chi connectivity index (χ3n) is 2.84. The average Bonchev–Trinajstić information content (AvgIpc) is 3.03. The predicted octanol–water partition coefficient (Wildman–Crippen LogP) is 2.13. The molecule has 2 N–H and O–H groups in total. The van der Waals surface area contributed by atoms with Crippen LogP contribution in [0.25, 0.3) is 0 Å². The van der Waals surface area contributed by atoms with Gasteiger partial charge in [-0.15, -0.1) is 0 Å². The molecule has 0 spiro atoms. The molecule has 0 aliphatic heterocycles. The van der Waals surface area contributed by atoms with Gasteiger partial charge >= 0.3 is 5.97 Å². The number of carboxylic acids is 1. The van der Waals surface area contributed by atoms with Crippen molar-refractivity contribution >= 4 is 11.9 Å². The van der Waals surface area contributed by atoms with Crippen LogP contribution in [0.5, 0.6) is 0 Å². The molecule has 0 bridgehead atoms. The monoisotopic (exact) mass is 277 g/mol. The Balaban J connectivity index is 1.81. The number of aryl methyl sites for hydroxylation is 2. The Morgan fingerprint density at radius 3 is 2.75 bits per heavy atom. The molecule has 6 nitrogen and oxygen atoms in total. The number of hydrogen-bond acceptors (Lipinski definition) is 4. The first-order chi connectivity index (χ1) is 9.56. The number of rotatable bonds is 6. The number of carbonyl (C=O) groups is 2. The Morgan fingerprint density at radius 1 is 1.35 bits per heavy atom. The van der Waals surface area contributed by atoms with Crippen LogP contribution in [0.3, 0.4) is 0 Å². The van der Waals surface area contributed by atoms with Crippen molar-refractivity contribution in [1.29, 1.82) is 0 Å². The summed E-state index contributed by atoms with van der Waals surface area (Å²) in [6.07, 6.45) is 2.39. The topological polar surface area (TPSA) is 92.7 Å². The highest BCUT2D eigenvalue weighted by atomic mass is 16.4. The Labute approximate surface area is 115 Å². The fourth-order valence-corrected chi connectivity index (χ4v) is 1.81. The van der Waals surface area contributed by atoms with Crippen LogP contribution >= 0.6 is 0 Å². The first kappa shape index (κ1) is 13.9. The third kappa shape index (κ3) is 3.50. The summed E-state index contributed by atoms with van der Waals surface area (Å²) in [5.41, 5.74) is 0.116. The first-order valence-electron chi connectivity index (χ1n) is 6.18. The van der Waals surface area contributed by atoms with E-state index >= 15 is 0 Å². The molecule has 0 aliphatic rings. The van der Waals surface area contributed by atoms with Crippen molar-refractivity contribution in [3.63, 3.8) is 0 Å². The molecule has 0 aromatic carbocycles. The molecule has 2 aromatic rings. The van der Waals surface area contributed by atoms with Crippen LogP contribution < -0.4 is 5.32 Å². The molecule has 0 radical (unpaired) electrons. The Morgan fingerprint density at radius 2 is 2.15 bits per heavy atom. The van der Waals surface area contributed by atoms with Gasteiger partial charge in [-0.05, 0) is 25.1 Å². The second-order valence-electron chi connectivity index (χ2n) is 4.34. The summed E-state index contributed by atoms with van der Waals surface area (Å²) in [7, 11) is 0. The van der Waals surface area contributed by atoms with Crippen LogP contribution in [-0.4, -0.2) is 17.0 Å². The van der Waals surface area contributed by atoms with E-state index in [9.17, 15) is 9.59 Å². The molecule has 0 aliphatic carbocycles. The summed E-state index contributed by atoms with van der Waals surface area (Å²) in [4.78, 5) is 22.5. The Kier molecular flexibility index (Phi) is 4.24. The van der Waals surface area contributed by atoms with E-state index in [0.29, 0.717) is 24.4 Å². The van der Waals surface area contributed by atoms with Gasteiger partial charge in [0.2, 0.25) is 5.91 Å². The fourth-order valence-electron chi connectivity index (χ4n) is 1.81. The van der Waals surface area contributed by atoms with Crippen molar-refractivity contribution in [3.05, 3.63) is 47.3 Å². The number of nitrogens with one attached hydrogen (secondary N) is 1. The maximum atomic E-state index is 11.6. The molecular weight excluding hydrogens is 262 g/mol. The maximum absolute atomic E-state index is 11.6. The molecule has 6 heteroatoms. The lowest BCUT2D eigenvalue weighted by molar-refractivity contribution is -0.121. The second-order valence-corrected chi connectivity index (χ2v) is 4.34. The molecule has 0 atom stereocenters. The minimum Gasteiger partial charge on any atom is -0.478 e. The minimum absolute atomic E-state index is 0.116. The van der Waals surface area contributed by atoms with Gasteiger partial charge in [0.05, 0.1) is 12.8 Å². The van der Waals surface area contributed by atoms with Crippen molar-refractivity contribution in [2.24, 2.45) is 0 Å². The van der Waals surface area contributed by atoms with Gasteiger partial charge in [-0.2, -0.15) is 0 Å². The van der Waals surface area contributed by atoms with E-state index in [0.717, 1.165) is 5.76 Å². The smallest absolute Gasteiger partial charge is 0.339 e. The summed E-state index contributed by atoms with van der Waals surface area (Å²) >= 11 is 0. The van der Waals surface area contributed by atoms with Gasteiger partial charge in [-0.1, -0.05) is 0 Å². The average molecular weight is 277 g/mol. The fraction of sp³-hybridized carbons (Fsp3) is 0.286. The molecule has 106 valence electrons. The van der Waals surface area contributed by atoms with E-state index in [1.807, 2.05) is 6.07 Å². The van der Waals surface area contributed by atoms with E-state index in [-0.39, 0.29) is 18.0 Å². The van der Waals surface area contributed by atoms with Crippen LogP contribution in [0.1, 0.15) is 34.1 Å². The summed E-state index contributed by atoms with van der Waals surface area (Å²) in [5, 5.41) is 11.6. The SMILES string of the molecule is Cc1oc(CNC(=O)CCc2ccco2)cc1C(=O)O. The van der Waals surface area contributed by atoms with E-state index in [1.54, 1.807) is 19.3 Å². The van der Waals surface area contributed by atoms with E-state index in [4.69, 9.17) is 13.9 Å². The normalized spacial score (nSPS) is 10.4. The Bertz CT molecular complexity index is 597. The summed E-state index contributed by atoms with van der Waals surface area (Å²) in [6.45, 7) is 1.75. The summed E-state index contributed by atoms with van der Waals surface area (Å²) in [6, 6.07) is 5.00. The molecule has 1 amide bonds. The van der Waals surface area contributed by atoms with Gasteiger partial charge in [-0.3, -0.25) is 4.79 Å². The van der Waals surface area contributed by atoms with Crippen molar-refractivity contribution in [2.45, 2.75) is 26.3 Å². The summed E-state index contributed by atoms with van der Waals surface area (Å²) in [5.74, 6) is 0.319. The number of carbonyl (C=O) groups excluding carboxylic acids is 1. The molecule has 0 fully saturated rings. The van der Waals surface area contributed by atoms with Crippen LogP contribution in [0, 0.1) is 6.92 Å². The van der Waals surface area contributed by atoms with Crippen LogP contribution in [0.15, 0.2) is 33.3 Å². The number of hydrogen-bond donors (Lipinski definition) is 2. The van der Waals surface area contributed by atoms with Crippen LogP contribution in [0.2, 0.25) is 0 Å². The lowest BCUT2D eigenvalue weighted by Crippen LogP contribution is -2.22. The lowest BCUT2D eigenvalue weighted by atomic mass is 10.2. The van der Waals surface area contributed by atoms with Crippen molar-refractivity contribution in [2.75, 3.05) is 0 Å². The molecule has 0 saturated heterocycles. The summed E-state index contributed by atoms with van der Waals surface area (Å²) < 4.78 is 10.4. The predicted molar refractivity (Wildman–Crippen MR) is 69.3 cm³/mol. The molecule has 20 heavy (non-hydrogen) atoms. The number of carboxylic acid groups (broad SMARTS) is 1. The largest absolute Gasteiger partial charge is 0.478 e. The number of amides is 1. The minimum atomic E-state index is -1.04. The van der Waals surface area contributed by atoms with Crippen molar-refractivity contribution < 1.29 is 23.5 Å². The van der Waals surface area contributed by atoms with Gasteiger partial charge in [0.1, 0.15) is 22.8 Å². The highest BCUT2D eigenvalue weighted by molar-refractivity contribution is 5.88. The zero-order valence-corrected chi connectivity index (χ0v) is 11.0. The molecule has 0 unspecified atom stereocenters. The zero-order chi connectivity index (χ0) is 14.5. The standard InChI is InChI=1S/C14H15NO5/c1-9-12(14(17)18)7-11(20-9)8-15-13(16)5-4-10-3-2-6-19-10/h2-3,6-7H,4-5,8H2,1H3,(H,15,16)(H,17,18). The van der Waals surface area contributed by atoms with Gasteiger partial charge in [0.15, 0.2) is 0 Å². The van der Waals surface area contributed by atoms with Gasteiger partial charge in [0.25, 0.3) is 0 Å². The zero-order valence-electron chi connectivity index (χ0n) is 11.0. The highest BCUT2D eigenvalue weighted by Crippen LogP contribution is 2.14. The first-order valence-corrected chi connectivity index (χ1v) is 6.18. The molecule has 2 heterocycles. The lowest BCUT2D eigenvalue weighted by Gasteiger charge is -2.01. The molecule has 2 rings (SSSR count). The molecular formula is C14H15NO5. The second kappa shape index (κ2) is 6.10. The Hall–Kier alpha value is -2.50. The number of furan rings is 2. The molecule has 2 aromatic heterocycles. The van der Waals surface area contributed by atoms with Gasteiger partial charge < -0.3 is 19.3 Å². The van der Waals surface area contributed by atoms with Gasteiger partial charge in [0, 0.05) is 12.8 Å². The van der Waals surface area contributed by atoms with E-state index in [1.165, 1.54) is 6.07 Å². The highest BCUT2D eigenvalue weighted by Gasteiger charge is 2.14. The maximum Gasteiger partial charge on any atom is 0.339 e. The van der Waals surface area contributed by atoms with Gasteiger partial charge in [-0.25, -0.2) is 4.79 Å². The van der Waals surface area contributed by atoms with E-state index < -0.39 is 5.97 Å². The van der Waals surface area contributed by atoms with Crippen LogP contribution in [-0.2, 0) is 17.8 Å². The van der Waals surface area contributed by atoms with Crippen LogP contribution in [0.4, 0.5) is 0 Å². The van der Waals surface area contributed by atoms with Crippen molar-refractivity contribution in [1.82, 2.24) is 5.32 Å². The third-order valence-corrected chi connectivity index (χ3v) is 2.84. The van der Waals surface area contributed by atoms with Crippen molar-refractivity contribution in [3.8, 4) is 0 Å². The van der Waals surface area contributed by atoms with E-state index in [2.05, 4.69) is 5.32 Å².